The van der Waals surface area contributed by atoms with E-state index in [2.05, 4.69) is 16.4 Å². The van der Waals surface area contributed by atoms with E-state index in [0.717, 1.165) is 25.0 Å². The Morgan fingerprint density at radius 1 is 1.58 bits per heavy atom. The number of rotatable bonds is 6. The molecule has 1 aliphatic carbocycles. The molecule has 0 bridgehead atoms. The van der Waals surface area contributed by atoms with Crippen LogP contribution in [-0.2, 0) is 17.6 Å². The summed E-state index contributed by atoms with van der Waals surface area (Å²) >= 11 is 0. The second kappa shape index (κ2) is 6.50. The standard InChI is InChI=1S/C14H19N3O2/c1-19-9-12(18)5-6-16-14-11(8-15)7-10-3-2-4-13(10)17-14/h7,12,18H,2-6,9H2,1H3,(H,16,17). The van der Waals surface area contributed by atoms with Crippen molar-refractivity contribution in [2.75, 3.05) is 25.6 Å². The minimum absolute atomic E-state index is 0.324. The average Bonchev–Trinajstić information content (AvgIpc) is 2.85. The summed E-state index contributed by atoms with van der Waals surface area (Å²) in [6.45, 7) is 0.898. The van der Waals surface area contributed by atoms with Crippen molar-refractivity contribution in [2.24, 2.45) is 0 Å². The number of aliphatic hydroxyl groups excluding tert-OH is 1. The molecule has 1 heterocycles. The maximum atomic E-state index is 9.56. The topological polar surface area (TPSA) is 78.2 Å². The van der Waals surface area contributed by atoms with Crippen LogP contribution >= 0.6 is 0 Å². The van der Waals surface area contributed by atoms with Crippen molar-refractivity contribution in [1.29, 1.82) is 5.26 Å². The number of aliphatic hydroxyl groups is 1. The van der Waals surface area contributed by atoms with E-state index in [1.807, 2.05) is 6.07 Å². The number of hydrogen-bond donors (Lipinski definition) is 2. The van der Waals surface area contributed by atoms with Gasteiger partial charge < -0.3 is 15.2 Å². The van der Waals surface area contributed by atoms with E-state index in [1.54, 1.807) is 7.11 Å². The normalized spacial score (nSPS) is 14.8. The molecule has 0 aromatic carbocycles. The van der Waals surface area contributed by atoms with Gasteiger partial charge in [-0.25, -0.2) is 4.98 Å². The summed E-state index contributed by atoms with van der Waals surface area (Å²) in [5.41, 5.74) is 2.88. The molecule has 0 aliphatic heterocycles. The van der Waals surface area contributed by atoms with Gasteiger partial charge in [0.1, 0.15) is 11.9 Å². The number of anilines is 1. The number of nitriles is 1. The molecule has 0 saturated heterocycles. The highest BCUT2D eigenvalue weighted by molar-refractivity contribution is 5.55. The van der Waals surface area contributed by atoms with Gasteiger partial charge in [0.15, 0.2) is 0 Å². The molecule has 0 saturated carbocycles. The third-order valence-corrected chi connectivity index (χ3v) is 3.30. The fraction of sp³-hybridized carbons (Fsp3) is 0.571. The van der Waals surface area contributed by atoms with Crippen molar-refractivity contribution >= 4 is 5.82 Å². The van der Waals surface area contributed by atoms with Crippen LogP contribution in [0.25, 0.3) is 0 Å². The SMILES string of the molecule is COCC(O)CCNc1nc2c(cc1C#N)CCC2. The molecule has 1 aromatic heterocycles. The first kappa shape index (κ1) is 13.8. The van der Waals surface area contributed by atoms with Gasteiger partial charge in [-0.2, -0.15) is 5.26 Å². The molecule has 1 atom stereocenters. The summed E-state index contributed by atoms with van der Waals surface area (Å²) in [6, 6.07) is 4.11. The summed E-state index contributed by atoms with van der Waals surface area (Å²) in [5, 5.41) is 21.8. The molecule has 1 aliphatic rings. The van der Waals surface area contributed by atoms with Gasteiger partial charge in [-0.1, -0.05) is 0 Å². The van der Waals surface area contributed by atoms with Crippen LogP contribution in [-0.4, -0.2) is 36.5 Å². The third-order valence-electron chi connectivity index (χ3n) is 3.30. The van der Waals surface area contributed by atoms with Crippen molar-refractivity contribution in [3.63, 3.8) is 0 Å². The van der Waals surface area contributed by atoms with Crippen LogP contribution in [0.15, 0.2) is 6.07 Å². The molecule has 102 valence electrons. The van der Waals surface area contributed by atoms with Gasteiger partial charge in [0, 0.05) is 19.3 Å². The van der Waals surface area contributed by atoms with Crippen molar-refractivity contribution < 1.29 is 9.84 Å². The van der Waals surface area contributed by atoms with Crippen LogP contribution in [0.5, 0.6) is 0 Å². The number of nitrogens with one attached hydrogen (secondary N) is 1. The van der Waals surface area contributed by atoms with E-state index in [0.29, 0.717) is 31.0 Å². The first-order valence-corrected chi connectivity index (χ1v) is 6.58. The van der Waals surface area contributed by atoms with E-state index < -0.39 is 6.10 Å². The molecule has 0 amide bonds. The number of ether oxygens (including phenoxy) is 1. The highest BCUT2D eigenvalue weighted by Gasteiger charge is 2.16. The number of fused-ring (bicyclic) bond motifs is 1. The lowest BCUT2D eigenvalue weighted by Gasteiger charge is -2.12. The first-order chi connectivity index (χ1) is 9.24. The number of pyridine rings is 1. The summed E-state index contributed by atoms with van der Waals surface area (Å²) in [6.07, 6.45) is 3.20. The van der Waals surface area contributed by atoms with Crippen LogP contribution in [0.1, 0.15) is 29.7 Å². The number of methoxy groups -OCH3 is 1. The van der Waals surface area contributed by atoms with Crippen molar-refractivity contribution in [3.8, 4) is 6.07 Å². The van der Waals surface area contributed by atoms with Crippen LogP contribution in [0.4, 0.5) is 5.82 Å². The number of aromatic nitrogens is 1. The first-order valence-electron chi connectivity index (χ1n) is 6.58. The highest BCUT2D eigenvalue weighted by Crippen LogP contribution is 2.24. The number of nitrogens with zero attached hydrogens (tertiary/aromatic N) is 2. The quantitative estimate of drug-likeness (QED) is 0.806. The van der Waals surface area contributed by atoms with Gasteiger partial charge in [0.2, 0.25) is 0 Å². The largest absolute Gasteiger partial charge is 0.391 e. The zero-order valence-electron chi connectivity index (χ0n) is 11.1. The Kier molecular flexibility index (Phi) is 4.72. The molecule has 5 nitrogen and oxygen atoms in total. The Morgan fingerprint density at radius 2 is 2.42 bits per heavy atom. The Labute approximate surface area is 113 Å². The average molecular weight is 261 g/mol. The lowest BCUT2D eigenvalue weighted by Crippen LogP contribution is -2.19. The van der Waals surface area contributed by atoms with E-state index in [9.17, 15) is 5.11 Å². The third kappa shape index (κ3) is 3.43. The Bertz CT molecular complexity index is 482. The molecule has 0 radical (unpaired) electrons. The van der Waals surface area contributed by atoms with E-state index in [4.69, 9.17) is 10.00 Å². The molecule has 1 unspecified atom stereocenters. The molecule has 0 fully saturated rings. The summed E-state index contributed by atoms with van der Waals surface area (Å²) in [5.74, 6) is 0.632. The predicted octanol–water partition coefficient (Wildman–Crippen LogP) is 1.25. The summed E-state index contributed by atoms with van der Waals surface area (Å²) in [4.78, 5) is 4.52. The second-order valence-corrected chi connectivity index (χ2v) is 4.78. The molecule has 5 heteroatoms. The zero-order valence-corrected chi connectivity index (χ0v) is 11.1. The Balaban J connectivity index is 1.98. The van der Waals surface area contributed by atoms with Crippen LogP contribution < -0.4 is 5.32 Å². The fourth-order valence-electron chi connectivity index (χ4n) is 2.32. The second-order valence-electron chi connectivity index (χ2n) is 4.78. The smallest absolute Gasteiger partial charge is 0.144 e. The molecule has 2 rings (SSSR count). The van der Waals surface area contributed by atoms with Crippen molar-refractivity contribution in [1.82, 2.24) is 4.98 Å². The van der Waals surface area contributed by atoms with Crippen LogP contribution in [0.2, 0.25) is 0 Å². The van der Waals surface area contributed by atoms with E-state index >= 15 is 0 Å². The van der Waals surface area contributed by atoms with Gasteiger partial charge in [-0.3, -0.25) is 0 Å². The van der Waals surface area contributed by atoms with Crippen molar-refractivity contribution in [2.45, 2.75) is 31.8 Å². The van der Waals surface area contributed by atoms with Crippen molar-refractivity contribution in [3.05, 3.63) is 22.9 Å². The molecule has 1 aromatic rings. The monoisotopic (exact) mass is 261 g/mol. The van der Waals surface area contributed by atoms with Crippen LogP contribution in [0, 0.1) is 11.3 Å². The lowest BCUT2D eigenvalue weighted by atomic mass is 10.1. The minimum atomic E-state index is -0.488. The van der Waals surface area contributed by atoms with E-state index in [1.165, 1.54) is 5.56 Å². The molecule has 2 N–H and O–H groups in total. The van der Waals surface area contributed by atoms with Gasteiger partial charge >= 0.3 is 0 Å². The van der Waals surface area contributed by atoms with Gasteiger partial charge in [-0.15, -0.1) is 0 Å². The maximum absolute atomic E-state index is 9.56. The fourth-order valence-corrected chi connectivity index (χ4v) is 2.32. The minimum Gasteiger partial charge on any atom is -0.391 e. The molecule has 19 heavy (non-hydrogen) atoms. The molecule has 0 spiro atoms. The zero-order chi connectivity index (χ0) is 13.7. The maximum Gasteiger partial charge on any atom is 0.144 e. The molecular weight excluding hydrogens is 242 g/mol. The molecular formula is C14H19N3O2. The highest BCUT2D eigenvalue weighted by atomic mass is 16.5. The summed E-state index contributed by atoms with van der Waals surface area (Å²) in [7, 11) is 1.56. The number of aryl methyl sites for hydroxylation is 2. The predicted molar refractivity (Wildman–Crippen MR) is 72.0 cm³/mol. The van der Waals surface area contributed by atoms with E-state index in [-0.39, 0.29) is 0 Å². The van der Waals surface area contributed by atoms with Gasteiger partial charge in [0.05, 0.1) is 18.3 Å². The Morgan fingerprint density at radius 3 is 3.16 bits per heavy atom. The van der Waals surface area contributed by atoms with Gasteiger partial charge in [0.25, 0.3) is 0 Å². The summed E-state index contributed by atoms with van der Waals surface area (Å²) < 4.78 is 4.87. The Hall–Kier alpha value is -1.64. The van der Waals surface area contributed by atoms with Gasteiger partial charge in [-0.05, 0) is 37.3 Å². The lowest BCUT2D eigenvalue weighted by molar-refractivity contribution is 0.0615. The van der Waals surface area contributed by atoms with Crippen LogP contribution in [0.3, 0.4) is 0 Å². The number of hydrogen-bond acceptors (Lipinski definition) is 5.